The van der Waals surface area contributed by atoms with Gasteiger partial charge in [0.2, 0.25) is 7.44 Å². The van der Waals surface area contributed by atoms with E-state index < -0.39 is 37.6 Å². The van der Waals surface area contributed by atoms with Gasteiger partial charge in [0.1, 0.15) is 30.3 Å². The normalized spacial score (nSPS) is 14.4. The highest BCUT2D eigenvalue weighted by Gasteiger charge is 2.33. The van der Waals surface area contributed by atoms with E-state index in [-0.39, 0.29) is 31.8 Å². The molecule has 2 heterocycles. The van der Waals surface area contributed by atoms with Crippen LogP contribution < -0.4 is 15.9 Å². The topological polar surface area (TPSA) is 173 Å². The van der Waals surface area contributed by atoms with Crippen molar-refractivity contribution in [3.05, 3.63) is 12.7 Å². The molecule has 0 aromatic carbocycles. The van der Waals surface area contributed by atoms with Crippen molar-refractivity contribution in [3.63, 3.8) is 0 Å². The Morgan fingerprint density at radius 1 is 0.972 bits per heavy atom. The lowest BCUT2D eigenvalue weighted by molar-refractivity contribution is -0.149. The maximum Gasteiger partial charge on any atom is 0.323 e. The van der Waals surface area contributed by atoms with Crippen LogP contribution in [0.4, 0.5) is 5.82 Å². The van der Waals surface area contributed by atoms with Crippen LogP contribution in [-0.2, 0) is 34.9 Å². The minimum Gasteiger partial charge on any atom is -0.462 e. The number of esters is 2. The van der Waals surface area contributed by atoms with Crippen molar-refractivity contribution < 1.29 is 28.4 Å². The Bertz CT molecular complexity index is 1030. The molecule has 3 atom stereocenters. The molecule has 0 radical (unpaired) electrons. The van der Waals surface area contributed by atoms with Gasteiger partial charge >= 0.3 is 11.9 Å². The number of nitrogens with zero attached hydrogens (tertiary/aromatic N) is 4. The molecule has 2 aromatic rings. The summed E-state index contributed by atoms with van der Waals surface area (Å²) in [5.74, 6) is -0.881. The van der Waals surface area contributed by atoms with Gasteiger partial charge in [-0.05, 0) is 48.5 Å². The molecule has 0 bridgehead atoms. The van der Waals surface area contributed by atoms with Gasteiger partial charge < -0.3 is 24.5 Å². The van der Waals surface area contributed by atoms with Crippen LogP contribution in [0.15, 0.2) is 12.7 Å². The van der Waals surface area contributed by atoms with Gasteiger partial charge in [-0.3, -0.25) is 14.2 Å². The van der Waals surface area contributed by atoms with E-state index in [9.17, 15) is 14.2 Å². The third kappa shape index (κ3) is 9.12. The maximum atomic E-state index is 13.8. The molecule has 13 nitrogen and oxygen atoms in total. The highest BCUT2D eigenvalue weighted by atomic mass is 31.2. The SMILES string of the molecule is C.CC(C)OC(=O)[C@H](C)NP(=O)(CO[C@H](C)Cn1cnc2c(N)ncnc21)N[C@@H](C)C(=O)OC(C)C. The number of nitrogens with one attached hydrogen (secondary N) is 2. The van der Waals surface area contributed by atoms with Crippen molar-refractivity contribution >= 4 is 36.4 Å². The molecule has 0 aliphatic rings. The number of rotatable bonds is 13. The number of hydrogen-bond donors (Lipinski definition) is 3. The van der Waals surface area contributed by atoms with Gasteiger partial charge in [0.15, 0.2) is 11.5 Å². The van der Waals surface area contributed by atoms with Gasteiger partial charge in [0.05, 0.1) is 31.2 Å². The van der Waals surface area contributed by atoms with Gasteiger partial charge in [-0.15, -0.1) is 0 Å². The van der Waals surface area contributed by atoms with Crippen LogP contribution in [0.3, 0.4) is 0 Å². The number of imidazole rings is 1. The minimum absolute atomic E-state index is 0. The standard InChI is InChI=1S/C21H36N7O6P.CH4/c1-12(2)33-20(29)15(6)26-35(31,27-16(7)21(30)34-13(3)4)11-32-14(5)8-28-10-25-17-18(22)23-9-24-19(17)28;/h9-10,12-16H,8,11H2,1-7H3,(H2,22,23,24)(H2,26,27,31);1H4/t14-,15+,16+;/m1./s1. The molecule has 4 N–H and O–H groups in total. The van der Waals surface area contributed by atoms with E-state index in [1.54, 1.807) is 45.5 Å². The predicted molar refractivity (Wildman–Crippen MR) is 137 cm³/mol. The Balaban J connectivity index is 0.00000648. The van der Waals surface area contributed by atoms with Crippen LogP contribution in [0.5, 0.6) is 0 Å². The highest BCUT2D eigenvalue weighted by Crippen LogP contribution is 2.38. The average Bonchev–Trinajstić information content (AvgIpc) is 3.15. The zero-order valence-corrected chi connectivity index (χ0v) is 22.1. The van der Waals surface area contributed by atoms with Crippen LogP contribution in [0.2, 0.25) is 0 Å². The first kappa shape index (κ1) is 31.4. The molecule has 0 saturated heterocycles. The summed E-state index contributed by atoms with van der Waals surface area (Å²) in [6.07, 6.45) is 1.50. The first-order valence-corrected chi connectivity index (χ1v) is 13.3. The third-order valence-corrected chi connectivity index (χ3v) is 6.76. The predicted octanol–water partition coefficient (Wildman–Crippen LogP) is 2.46. The summed E-state index contributed by atoms with van der Waals surface area (Å²) in [5, 5.41) is 5.54. The molecule has 14 heteroatoms. The van der Waals surface area contributed by atoms with Gasteiger partial charge in [-0.2, -0.15) is 0 Å². The molecule has 0 aliphatic heterocycles. The fourth-order valence-electron chi connectivity index (χ4n) is 3.11. The molecule has 0 saturated carbocycles. The smallest absolute Gasteiger partial charge is 0.323 e. The fraction of sp³-hybridized carbons (Fsp3) is 0.682. The average molecular weight is 530 g/mol. The van der Waals surface area contributed by atoms with Crippen LogP contribution in [-0.4, -0.2) is 68.2 Å². The van der Waals surface area contributed by atoms with Gasteiger partial charge in [-0.1, -0.05) is 7.43 Å². The molecule has 0 fully saturated rings. The monoisotopic (exact) mass is 529 g/mol. The second-order valence-electron chi connectivity index (χ2n) is 8.85. The Hall–Kier alpha value is -2.60. The largest absolute Gasteiger partial charge is 0.462 e. The Labute approximate surface area is 212 Å². The second-order valence-corrected chi connectivity index (χ2v) is 11.1. The van der Waals surface area contributed by atoms with Crippen molar-refractivity contribution in [1.82, 2.24) is 29.7 Å². The van der Waals surface area contributed by atoms with E-state index in [0.29, 0.717) is 17.7 Å². The van der Waals surface area contributed by atoms with Crippen LogP contribution in [0.25, 0.3) is 11.2 Å². The van der Waals surface area contributed by atoms with Crippen molar-refractivity contribution in [1.29, 1.82) is 0 Å². The molecular formula is C22H40N7O6P. The van der Waals surface area contributed by atoms with Crippen molar-refractivity contribution in [2.24, 2.45) is 0 Å². The van der Waals surface area contributed by atoms with Gasteiger partial charge in [-0.25, -0.2) is 25.1 Å². The zero-order valence-electron chi connectivity index (χ0n) is 21.2. The number of nitrogen functional groups attached to an aromatic ring is 1. The van der Waals surface area contributed by atoms with E-state index >= 15 is 0 Å². The highest BCUT2D eigenvalue weighted by molar-refractivity contribution is 7.59. The molecule has 36 heavy (non-hydrogen) atoms. The minimum atomic E-state index is -3.62. The van der Waals surface area contributed by atoms with E-state index in [1.807, 2.05) is 0 Å². The summed E-state index contributed by atoms with van der Waals surface area (Å²) in [7, 11) is -3.62. The molecule has 0 unspecified atom stereocenters. The maximum absolute atomic E-state index is 13.8. The third-order valence-electron chi connectivity index (χ3n) is 4.64. The number of fused-ring (bicyclic) bond motifs is 1. The Morgan fingerprint density at radius 2 is 1.50 bits per heavy atom. The lowest BCUT2D eigenvalue weighted by atomic mass is 10.4. The van der Waals surface area contributed by atoms with Crippen molar-refractivity contribution in [3.8, 4) is 0 Å². The fourth-order valence-corrected chi connectivity index (χ4v) is 5.26. The van der Waals surface area contributed by atoms with E-state index in [1.165, 1.54) is 20.2 Å². The number of hydrogen-bond acceptors (Lipinski definition) is 10. The number of carbonyl (C=O) groups is 2. The Kier molecular flexibility index (Phi) is 11.9. The quantitative estimate of drug-likeness (QED) is 0.256. The van der Waals surface area contributed by atoms with E-state index in [2.05, 4.69) is 25.1 Å². The summed E-state index contributed by atoms with van der Waals surface area (Å²) in [4.78, 5) is 36.9. The van der Waals surface area contributed by atoms with Crippen LogP contribution in [0.1, 0.15) is 55.9 Å². The summed E-state index contributed by atoms with van der Waals surface area (Å²) in [6, 6.07) is -1.83. The van der Waals surface area contributed by atoms with Crippen LogP contribution >= 0.6 is 7.44 Å². The van der Waals surface area contributed by atoms with Gasteiger partial charge in [0.25, 0.3) is 0 Å². The number of anilines is 1. The van der Waals surface area contributed by atoms with Crippen molar-refractivity contribution in [2.45, 2.75) is 92.8 Å². The molecule has 0 spiro atoms. The molecule has 2 aromatic heterocycles. The van der Waals surface area contributed by atoms with Gasteiger partial charge in [0, 0.05) is 0 Å². The molecule has 2 rings (SSSR count). The second kappa shape index (κ2) is 13.6. The van der Waals surface area contributed by atoms with E-state index in [4.69, 9.17) is 19.9 Å². The summed E-state index contributed by atoms with van der Waals surface area (Å²) in [5.41, 5.74) is 6.85. The van der Waals surface area contributed by atoms with Crippen LogP contribution in [0, 0.1) is 0 Å². The molecule has 0 aliphatic carbocycles. The molecule has 0 amide bonds. The molecule has 204 valence electrons. The summed E-state index contributed by atoms with van der Waals surface area (Å²) < 4.78 is 31.8. The zero-order chi connectivity index (χ0) is 26.3. The lowest BCUT2D eigenvalue weighted by Gasteiger charge is -2.28. The van der Waals surface area contributed by atoms with E-state index in [0.717, 1.165) is 0 Å². The number of nitrogens with two attached hydrogens (primary N) is 1. The number of carbonyl (C=O) groups excluding carboxylic acids is 2. The molecular weight excluding hydrogens is 489 g/mol. The number of aromatic nitrogens is 4. The first-order valence-electron chi connectivity index (χ1n) is 11.4. The summed E-state index contributed by atoms with van der Waals surface area (Å²) in [6.45, 7) is 12.1. The Morgan fingerprint density at radius 3 is 2.00 bits per heavy atom. The van der Waals surface area contributed by atoms with Crippen molar-refractivity contribution in [2.75, 3.05) is 12.1 Å². The lowest BCUT2D eigenvalue weighted by Crippen LogP contribution is -2.43. The summed E-state index contributed by atoms with van der Waals surface area (Å²) >= 11 is 0. The number of ether oxygens (including phenoxy) is 3. The first-order chi connectivity index (χ1) is 16.3.